The standard InChI is InChI=1S/C16H30N2/c1-3-16(4-2)14-18(12-7-11-17-16)13-10-15-8-5-6-9-15/h8,17H,3-7,9-14H2,1-2H3. The molecule has 18 heavy (non-hydrogen) atoms. The van der Waals surface area contributed by atoms with Crippen LogP contribution in [0, 0.1) is 0 Å². The van der Waals surface area contributed by atoms with Crippen LogP contribution < -0.4 is 5.32 Å². The molecule has 1 aliphatic heterocycles. The molecule has 1 saturated heterocycles. The summed E-state index contributed by atoms with van der Waals surface area (Å²) in [5.74, 6) is 0. The third-order valence-electron chi connectivity index (χ3n) is 4.92. The monoisotopic (exact) mass is 250 g/mol. The fraction of sp³-hybridized carbons (Fsp3) is 0.875. The van der Waals surface area contributed by atoms with E-state index in [1.54, 1.807) is 5.57 Å². The molecular weight excluding hydrogens is 220 g/mol. The van der Waals surface area contributed by atoms with Crippen LogP contribution in [0.3, 0.4) is 0 Å². The Labute approximate surface area is 113 Å². The van der Waals surface area contributed by atoms with Crippen LogP contribution in [-0.2, 0) is 0 Å². The number of nitrogens with zero attached hydrogens (tertiary/aromatic N) is 1. The molecule has 0 atom stereocenters. The molecule has 0 aromatic heterocycles. The van der Waals surface area contributed by atoms with Gasteiger partial charge in [-0.1, -0.05) is 25.5 Å². The van der Waals surface area contributed by atoms with Crippen molar-refractivity contribution in [2.45, 2.75) is 64.3 Å². The maximum Gasteiger partial charge on any atom is 0.0303 e. The first-order chi connectivity index (χ1) is 8.78. The van der Waals surface area contributed by atoms with E-state index >= 15 is 0 Å². The minimum atomic E-state index is 0.376. The average molecular weight is 250 g/mol. The van der Waals surface area contributed by atoms with Gasteiger partial charge in [0.05, 0.1) is 0 Å². The SMILES string of the molecule is CCC1(CC)CN(CCC2=CCCC2)CCCN1. The van der Waals surface area contributed by atoms with E-state index in [0.717, 1.165) is 0 Å². The maximum atomic E-state index is 3.80. The summed E-state index contributed by atoms with van der Waals surface area (Å²) in [5.41, 5.74) is 2.09. The number of rotatable bonds is 5. The van der Waals surface area contributed by atoms with E-state index in [1.165, 1.54) is 71.1 Å². The van der Waals surface area contributed by atoms with Crippen molar-refractivity contribution in [1.82, 2.24) is 10.2 Å². The van der Waals surface area contributed by atoms with Crippen molar-refractivity contribution in [3.63, 3.8) is 0 Å². The van der Waals surface area contributed by atoms with Crippen molar-refractivity contribution >= 4 is 0 Å². The van der Waals surface area contributed by atoms with Gasteiger partial charge in [-0.25, -0.2) is 0 Å². The Morgan fingerprint density at radius 1 is 1.28 bits per heavy atom. The van der Waals surface area contributed by atoms with Gasteiger partial charge in [-0.05, 0) is 58.0 Å². The van der Waals surface area contributed by atoms with E-state index in [0.29, 0.717) is 5.54 Å². The molecule has 0 spiro atoms. The Balaban J connectivity index is 1.86. The van der Waals surface area contributed by atoms with Gasteiger partial charge in [0.2, 0.25) is 0 Å². The van der Waals surface area contributed by atoms with Gasteiger partial charge < -0.3 is 10.2 Å². The van der Waals surface area contributed by atoms with E-state index in [1.807, 2.05) is 0 Å². The summed E-state index contributed by atoms with van der Waals surface area (Å²) in [6.07, 6.45) is 11.7. The highest BCUT2D eigenvalue weighted by atomic mass is 15.2. The zero-order chi connectivity index (χ0) is 12.8. The minimum absolute atomic E-state index is 0.376. The quantitative estimate of drug-likeness (QED) is 0.753. The fourth-order valence-electron chi connectivity index (χ4n) is 3.40. The third kappa shape index (κ3) is 3.58. The summed E-state index contributed by atoms with van der Waals surface area (Å²) >= 11 is 0. The first-order valence-electron chi connectivity index (χ1n) is 7.93. The van der Waals surface area contributed by atoms with Gasteiger partial charge >= 0.3 is 0 Å². The summed E-state index contributed by atoms with van der Waals surface area (Å²) in [6, 6.07) is 0. The van der Waals surface area contributed by atoms with Crippen LogP contribution in [0.1, 0.15) is 58.8 Å². The molecule has 0 aromatic rings. The Kier molecular flexibility index (Phi) is 5.25. The van der Waals surface area contributed by atoms with E-state index in [9.17, 15) is 0 Å². The molecular formula is C16H30N2. The molecule has 2 rings (SSSR count). The number of hydrogen-bond donors (Lipinski definition) is 1. The second-order valence-electron chi connectivity index (χ2n) is 6.05. The number of nitrogens with one attached hydrogen (secondary N) is 1. The Morgan fingerprint density at radius 2 is 2.11 bits per heavy atom. The lowest BCUT2D eigenvalue weighted by Gasteiger charge is -2.35. The Morgan fingerprint density at radius 3 is 2.78 bits per heavy atom. The molecule has 2 heteroatoms. The molecule has 2 aliphatic rings. The lowest BCUT2D eigenvalue weighted by Crippen LogP contribution is -2.50. The normalized spacial score (nSPS) is 24.9. The Hall–Kier alpha value is -0.340. The van der Waals surface area contributed by atoms with E-state index in [-0.39, 0.29) is 0 Å². The maximum absolute atomic E-state index is 3.80. The van der Waals surface area contributed by atoms with Gasteiger partial charge in [0, 0.05) is 18.6 Å². The largest absolute Gasteiger partial charge is 0.310 e. The van der Waals surface area contributed by atoms with Gasteiger partial charge in [0.1, 0.15) is 0 Å². The lowest BCUT2D eigenvalue weighted by molar-refractivity contribution is 0.198. The van der Waals surface area contributed by atoms with Crippen LogP contribution in [0.5, 0.6) is 0 Å². The van der Waals surface area contributed by atoms with Crippen LogP contribution in [0.15, 0.2) is 11.6 Å². The summed E-state index contributed by atoms with van der Waals surface area (Å²) in [4.78, 5) is 2.70. The van der Waals surface area contributed by atoms with Crippen LogP contribution in [0.25, 0.3) is 0 Å². The number of allylic oxidation sites excluding steroid dienone is 1. The van der Waals surface area contributed by atoms with Gasteiger partial charge in [0.25, 0.3) is 0 Å². The second-order valence-corrected chi connectivity index (χ2v) is 6.05. The average Bonchev–Trinajstić information content (AvgIpc) is 2.83. The van der Waals surface area contributed by atoms with Gasteiger partial charge in [-0.15, -0.1) is 0 Å². The molecule has 1 fully saturated rings. The Bertz CT molecular complexity index is 279. The van der Waals surface area contributed by atoms with E-state index in [4.69, 9.17) is 0 Å². The van der Waals surface area contributed by atoms with Crippen LogP contribution in [0.2, 0.25) is 0 Å². The molecule has 0 saturated carbocycles. The molecule has 2 nitrogen and oxygen atoms in total. The van der Waals surface area contributed by atoms with E-state index in [2.05, 4.69) is 30.1 Å². The van der Waals surface area contributed by atoms with Crippen LogP contribution in [0.4, 0.5) is 0 Å². The molecule has 0 unspecified atom stereocenters. The van der Waals surface area contributed by atoms with Gasteiger partial charge in [-0.3, -0.25) is 0 Å². The topological polar surface area (TPSA) is 15.3 Å². The van der Waals surface area contributed by atoms with Crippen molar-refractivity contribution in [2.24, 2.45) is 0 Å². The molecule has 0 aromatic carbocycles. The zero-order valence-electron chi connectivity index (χ0n) is 12.3. The number of hydrogen-bond acceptors (Lipinski definition) is 2. The molecule has 1 heterocycles. The predicted molar refractivity (Wildman–Crippen MR) is 78.9 cm³/mol. The molecule has 0 radical (unpaired) electrons. The van der Waals surface area contributed by atoms with E-state index < -0.39 is 0 Å². The van der Waals surface area contributed by atoms with Crippen molar-refractivity contribution in [3.05, 3.63) is 11.6 Å². The lowest BCUT2D eigenvalue weighted by atomic mass is 9.92. The van der Waals surface area contributed by atoms with Crippen LogP contribution in [-0.4, -0.2) is 36.6 Å². The van der Waals surface area contributed by atoms with Crippen molar-refractivity contribution in [1.29, 1.82) is 0 Å². The summed E-state index contributed by atoms with van der Waals surface area (Å²) in [6.45, 7) is 9.66. The molecule has 104 valence electrons. The van der Waals surface area contributed by atoms with Crippen molar-refractivity contribution in [2.75, 3.05) is 26.2 Å². The van der Waals surface area contributed by atoms with Gasteiger partial charge in [-0.2, -0.15) is 0 Å². The highest BCUT2D eigenvalue weighted by Crippen LogP contribution is 2.23. The third-order valence-corrected chi connectivity index (χ3v) is 4.92. The summed E-state index contributed by atoms with van der Waals surface area (Å²) < 4.78 is 0. The second kappa shape index (κ2) is 6.72. The smallest absolute Gasteiger partial charge is 0.0303 e. The van der Waals surface area contributed by atoms with Crippen molar-refractivity contribution in [3.8, 4) is 0 Å². The highest BCUT2D eigenvalue weighted by molar-refractivity contribution is 5.07. The molecule has 1 aliphatic carbocycles. The minimum Gasteiger partial charge on any atom is -0.310 e. The summed E-state index contributed by atoms with van der Waals surface area (Å²) in [5, 5.41) is 3.80. The van der Waals surface area contributed by atoms with Gasteiger partial charge in [0.15, 0.2) is 0 Å². The first kappa shape index (κ1) is 14.1. The zero-order valence-corrected chi connectivity index (χ0v) is 12.3. The first-order valence-corrected chi connectivity index (χ1v) is 7.93. The molecule has 0 amide bonds. The molecule has 1 N–H and O–H groups in total. The fourth-order valence-corrected chi connectivity index (χ4v) is 3.40. The molecule has 0 bridgehead atoms. The summed E-state index contributed by atoms with van der Waals surface area (Å²) in [7, 11) is 0. The van der Waals surface area contributed by atoms with Crippen LogP contribution >= 0.6 is 0 Å². The highest BCUT2D eigenvalue weighted by Gasteiger charge is 2.29. The van der Waals surface area contributed by atoms with Crippen molar-refractivity contribution < 1.29 is 0 Å². The predicted octanol–water partition coefficient (Wildman–Crippen LogP) is 3.34.